The van der Waals surface area contributed by atoms with Crippen molar-refractivity contribution in [1.82, 2.24) is 25.3 Å². The van der Waals surface area contributed by atoms with Gasteiger partial charge >= 0.3 is 0 Å². The Hall–Kier alpha value is -4.32. The second-order valence-electron chi connectivity index (χ2n) is 6.85. The summed E-state index contributed by atoms with van der Waals surface area (Å²) >= 11 is 0. The highest BCUT2D eigenvalue weighted by Crippen LogP contribution is 2.22. The van der Waals surface area contributed by atoms with Crippen LogP contribution < -0.4 is 5.32 Å². The molecule has 2 aromatic heterocycles. The summed E-state index contributed by atoms with van der Waals surface area (Å²) in [6, 6.07) is 13.8. The van der Waals surface area contributed by atoms with Crippen molar-refractivity contribution in [3.63, 3.8) is 0 Å². The number of aromatic amines is 1. The molecule has 154 valence electrons. The van der Waals surface area contributed by atoms with Crippen LogP contribution in [0.1, 0.15) is 27.3 Å². The number of hydrogen-bond acceptors (Lipinski definition) is 4. The monoisotopic (exact) mass is 418 g/mol. The largest absolute Gasteiger partial charge is 0.346 e. The van der Waals surface area contributed by atoms with Gasteiger partial charge in [-0.3, -0.25) is 9.89 Å². The molecule has 0 fully saturated rings. The SMILES string of the molecule is Cc1cc(C(=O)NCc2ccc(-n3ccc(-c4ccc(C#N)c(F)c4)n3)cc2F)n[nH]1. The third-order valence-electron chi connectivity index (χ3n) is 4.65. The van der Waals surface area contributed by atoms with Crippen molar-refractivity contribution in [2.75, 3.05) is 0 Å². The molecule has 0 radical (unpaired) electrons. The van der Waals surface area contributed by atoms with Crippen LogP contribution in [0, 0.1) is 29.9 Å². The van der Waals surface area contributed by atoms with Crippen LogP contribution in [-0.4, -0.2) is 25.9 Å². The van der Waals surface area contributed by atoms with Crippen molar-refractivity contribution >= 4 is 5.91 Å². The third-order valence-corrected chi connectivity index (χ3v) is 4.65. The summed E-state index contributed by atoms with van der Waals surface area (Å²) in [4.78, 5) is 12.1. The fraction of sp³-hybridized carbons (Fsp3) is 0.0909. The highest BCUT2D eigenvalue weighted by atomic mass is 19.1. The molecular weight excluding hydrogens is 402 g/mol. The first-order valence-electron chi connectivity index (χ1n) is 9.29. The van der Waals surface area contributed by atoms with Crippen molar-refractivity contribution in [1.29, 1.82) is 5.26 Å². The molecule has 31 heavy (non-hydrogen) atoms. The fourth-order valence-electron chi connectivity index (χ4n) is 3.01. The Labute approximate surface area is 176 Å². The standard InChI is InChI=1S/C22H16F2N6O/c1-13-8-21(28-27-13)22(31)26-12-16-4-5-17(10-19(16)24)30-7-6-20(29-30)14-2-3-15(11-25)18(23)9-14/h2-10H,12H2,1H3,(H,26,31)(H,27,28). The number of rotatable bonds is 5. The number of carbonyl (C=O) groups is 1. The lowest BCUT2D eigenvalue weighted by Crippen LogP contribution is -2.23. The molecular formula is C22H16F2N6O. The summed E-state index contributed by atoms with van der Waals surface area (Å²) in [6.07, 6.45) is 1.63. The Morgan fingerprint density at radius 3 is 2.68 bits per heavy atom. The third kappa shape index (κ3) is 4.18. The summed E-state index contributed by atoms with van der Waals surface area (Å²) in [7, 11) is 0. The number of aromatic nitrogens is 4. The van der Waals surface area contributed by atoms with Gasteiger partial charge in [0.2, 0.25) is 0 Å². The van der Waals surface area contributed by atoms with Crippen LogP contribution >= 0.6 is 0 Å². The molecule has 4 aromatic rings. The van der Waals surface area contributed by atoms with Gasteiger partial charge in [0, 0.05) is 29.6 Å². The van der Waals surface area contributed by atoms with Gasteiger partial charge in [-0.1, -0.05) is 12.1 Å². The molecule has 0 atom stereocenters. The van der Waals surface area contributed by atoms with Crippen LogP contribution in [0.2, 0.25) is 0 Å². The smallest absolute Gasteiger partial charge is 0.272 e. The minimum absolute atomic E-state index is 0.00568. The Kier molecular flexibility index (Phi) is 5.28. The zero-order valence-corrected chi connectivity index (χ0v) is 16.4. The highest BCUT2D eigenvalue weighted by Gasteiger charge is 2.12. The number of H-pyrrole nitrogens is 1. The number of amides is 1. The van der Waals surface area contributed by atoms with Crippen LogP contribution in [0.3, 0.4) is 0 Å². The second-order valence-corrected chi connectivity index (χ2v) is 6.85. The van der Waals surface area contributed by atoms with Crippen LogP contribution in [0.15, 0.2) is 54.7 Å². The van der Waals surface area contributed by atoms with E-state index in [-0.39, 0.29) is 17.8 Å². The number of nitriles is 1. The molecule has 9 heteroatoms. The average molecular weight is 418 g/mol. The van der Waals surface area contributed by atoms with E-state index in [1.807, 2.05) is 0 Å². The quantitative estimate of drug-likeness (QED) is 0.517. The molecule has 7 nitrogen and oxygen atoms in total. The maximum absolute atomic E-state index is 14.6. The van der Waals surface area contributed by atoms with Crippen molar-refractivity contribution in [3.05, 3.63) is 88.9 Å². The van der Waals surface area contributed by atoms with E-state index >= 15 is 0 Å². The molecule has 0 saturated carbocycles. The lowest BCUT2D eigenvalue weighted by molar-refractivity contribution is 0.0945. The van der Waals surface area contributed by atoms with Gasteiger partial charge in [0.25, 0.3) is 5.91 Å². The molecule has 0 unspecified atom stereocenters. The van der Waals surface area contributed by atoms with E-state index in [0.717, 1.165) is 5.69 Å². The Bertz CT molecular complexity index is 1320. The summed E-state index contributed by atoms with van der Waals surface area (Å²) in [5.74, 6) is -1.53. The van der Waals surface area contributed by atoms with E-state index in [1.165, 1.54) is 22.9 Å². The summed E-state index contributed by atoms with van der Waals surface area (Å²) in [6.45, 7) is 1.78. The Morgan fingerprint density at radius 1 is 1.16 bits per heavy atom. The first-order valence-corrected chi connectivity index (χ1v) is 9.29. The molecule has 0 spiro atoms. The van der Waals surface area contributed by atoms with Gasteiger partial charge in [0.1, 0.15) is 23.4 Å². The van der Waals surface area contributed by atoms with Gasteiger partial charge in [0.05, 0.1) is 16.9 Å². The summed E-state index contributed by atoms with van der Waals surface area (Å²) in [5, 5.41) is 22.4. The fourth-order valence-corrected chi connectivity index (χ4v) is 3.01. The van der Waals surface area contributed by atoms with Crippen LogP contribution in [-0.2, 0) is 6.54 Å². The average Bonchev–Trinajstić information content (AvgIpc) is 3.42. The zero-order valence-electron chi connectivity index (χ0n) is 16.4. The lowest BCUT2D eigenvalue weighted by Gasteiger charge is -2.08. The maximum Gasteiger partial charge on any atom is 0.272 e. The van der Waals surface area contributed by atoms with E-state index in [9.17, 15) is 13.6 Å². The molecule has 0 bridgehead atoms. The number of aryl methyl sites for hydroxylation is 1. The molecule has 1 amide bonds. The van der Waals surface area contributed by atoms with E-state index in [2.05, 4.69) is 20.6 Å². The minimum atomic E-state index is -0.628. The molecule has 0 aliphatic carbocycles. The number of benzene rings is 2. The number of carbonyl (C=O) groups excluding carboxylic acids is 1. The molecule has 4 rings (SSSR count). The van der Waals surface area contributed by atoms with Gasteiger partial charge in [-0.15, -0.1) is 0 Å². The van der Waals surface area contributed by atoms with Gasteiger partial charge in [-0.25, -0.2) is 13.5 Å². The van der Waals surface area contributed by atoms with Gasteiger partial charge in [0.15, 0.2) is 0 Å². The molecule has 2 N–H and O–H groups in total. The lowest BCUT2D eigenvalue weighted by atomic mass is 10.1. The predicted octanol–water partition coefficient (Wildman–Crippen LogP) is 3.65. The first kappa shape index (κ1) is 20.0. The molecule has 2 aromatic carbocycles. The van der Waals surface area contributed by atoms with Gasteiger partial charge < -0.3 is 5.32 Å². The van der Waals surface area contributed by atoms with Crippen molar-refractivity contribution < 1.29 is 13.6 Å². The minimum Gasteiger partial charge on any atom is -0.346 e. The molecule has 2 heterocycles. The number of halogens is 2. The van der Waals surface area contributed by atoms with E-state index in [0.29, 0.717) is 22.5 Å². The number of nitrogens with zero attached hydrogens (tertiary/aromatic N) is 4. The van der Waals surface area contributed by atoms with Gasteiger partial charge in [-0.2, -0.15) is 15.5 Å². The highest BCUT2D eigenvalue weighted by molar-refractivity contribution is 5.92. The first-order chi connectivity index (χ1) is 14.9. The Balaban J connectivity index is 1.49. The van der Waals surface area contributed by atoms with E-state index < -0.39 is 17.5 Å². The van der Waals surface area contributed by atoms with Crippen LogP contribution in [0.4, 0.5) is 8.78 Å². The van der Waals surface area contributed by atoms with Gasteiger partial charge in [-0.05, 0) is 43.3 Å². The summed E-state index contributed by atoms with van der Waals surface area (Å²) < 4.78 is 29.9. The van der Waals surface area contributed by atoms with E-state index in [1.54, 1.807) is 49.5 Å². The topological polar surface area (TPSA) is 99.4 Å². The zero-order chi connectivity index (χ0) is 22.0. The van der Waals surface area contributed by atoms with Crippen molar-refractivity contribution in [3.8, 4) is 23.0 Å². The van der Waals surface area contributed by atoms with Crippen LogP contribution in [0.25, 0.3) is 16.9 Å². The molecule has 0 saturated heterocycles. The Morgan fingerprint density at radius 2 is 2.00 bits per heavy atom. The van der Waals surface area contributed by atoms with Crippen molar-refractivity contribution in [2.45, 2.75) is 13.5 Å². The summed E-state index contributed by atoms with van der Waals surface area (Å²) in [5.41, 5.74) is 2.70. The van der Waals surface area contributed by atoms with E-state index in [4.69, 9.17) is 5.26 Å². The maximum atomic E-state index is 14.6. The molecule has 0 aliphatic heterocycles. The van der Waals surface area contributed by atoms with Crippen LogP contribution in [0.5, 0.6) is 0 Å². The molecule has 0 aliphatic rings. The second kappa shape index (κ2) is 8.20. The normalized spacial score (nSPS) is 10.6. The van der Waals surface area contributed by atoms with Crippen molar-refractivity contribution in [2.24, 2.45) is 0 Å². The predicted molar refractivity (Wildman–Crippen MR) is 108 cm³/mol. The number of hydrogen-bond donors (Lipinski definition) is 2. The number of nitrogens with one attached hydrogen (secondary N) is 2.